The normalized spacial score (nSPS) is 13.4. The molecule has 0 aliphatic carbocycles. The molecule has 102 valence electrons. The summed E-state index contributed by atoms with van der Waals surface area (Å²) in [5.74, 6) is 0.755. The molecule has 1 aromatic carbocycles. The molecule has 1 aromatic rings. The molecule has 0 saturated heterocycles. The molecule has 1 rings (SSSR count). The third-order valence-corrected chi connectivity index (χ3v) is 3.46. The van der Waals surface area contributed by atoms with Crippen LogP contribution in [0.1, 0.15) is 39.7 Å². The first-order valence-corrected chi connectivity index (χ1v) is 6.89. The van der Waals surface area contributed by atoms with Gasteiger partial charge >= 0.3 is 0 Å². The zero-order chi connectivity index (χ0) is 13.8. The molecule has 1 atom stereocenters. The average Bonchev–Trinajstić information content (AvgIpc) is 2.30. The van der Waals surface area contributed by atoms with Crippen LogP contribution >= 0.6 is 11.6 Å². The molecule has 0 heterocycles. The van der Waals surface area contributed by atoms with Gasteiger partial charge < -0.3 is 10.1 Å². The minimum absolute atomic E-state index is 0.0935. The van der Waals surface area contributed by atoms with Crippen LogP contribution in [0.15, 0.2) is 18.2 Å². The molecule has 0 aliphatic heterocycles. The number of halogens is 1. The Morgan fingerprint density at radius 3 is 2.61 bits per heavy atom. The predicted molar refractivity (Wildman–Crippen MR) is 78.7 cm³/mol. The third-order valence-electron chi connectivity index (χ3n) is 3.17. The number of rotatable bonds is 6. The molecule has 18 heavy (non-hydrogen) atoms. The lowest BCUT2D eigenvalue weighted by Crippen LogP contribution is -2.43. The van der Waals surface area contributed by atoms with Gasteiger partial charge in [-0.25, -0.2) is 0 Å². The van der Waals surface area contributed by atoms with E-state index in [1.807, 2.05) is 25.1 Å². The first-order valence-electron chi connectivity index (χ1n) is 6.52. The average molecular weight is 270 g/mol. The van der Waals surface area contributed by atoms with Crippen LogP contribution in [0.4, 0.5) is 0 Å². The van der Waals surface area contributed by atoms with Gasteiger partial charge in [0.1, 0.15) is 11.9 Å². The topological polar surface area (TPSA) is 21.3 Å². The Bertz CT molecular complexity index is 390. The van der Waals surface area contributed by atoms with Gasteiger partial charge in [0.05, 0.1) is 5.02 Å². The third kappa shape index (κ3) is 4.87. The van der Waals surface area contributed by atoms with E-state index in [0.29, 0.717) is 5.02 Å². The van der Waals surface area contributed by atoms with E-state index >= 15 is 0 Å². The summed E-state index contributed by atoms with van der Waals surface area (Å²) in [5, 5.41) is 4.17. The minimum Gasteiger partial charge on any atom is -0.488 e. The van der Waals surface area contributed by atoms with Gasteiger partial charge in [0.25, 0.3) is 0 Å². The van der Waals surface area contributed by atoms with Crippen molar-refractivity contribution in [3.05, 3.63) is 28.8 Å². The van der Waals surface area contributed by atoms with Crippen LogP contribution < -0.4 is 10.1 Å². The van der Waals surface area contributed by atoms with E-state index in [9.17, 15) is 0 Å². The highest BCUT2D eigenvalue weighted by Crippen LogP contribution is 2.26. The Morgan fingerprint density at radius 1 is 1.39 bits per heavy atom. The number of hydrogen-bond acceptors (Lipinski definition) is 2. The van der Waals surface area contributed by atoms with E-state index < -0.39 is 0 Å². The van der Waals surface area contributed by atoms with E-state index in [0.717, 1.165) is 24.3 Å². The van der Waals surface area contributed by atoms with Gasteiger partial charge in [-0.05, 0) is 51.8 Å². The van der Waals surface area contributed by atoms with E-state index in [1.165, 1.54) is 0 Å². The second kappa shape index (κ2) is 6.44. The molecule has 0 fully saturated rings. The maximum atomic E-state index is 6.15. The number of aryl methyl sites for hydroxylation is 1. The molecular formula is C15H24ClNO. The lowest BCUT2D eigenvalue weighted by atomic mass is 10.0. The van der Waals surface area contributed by atoms with Crippen LogP contribution in [0.5, 0.6) is 5.75 Å². The van der Waals surface area contributed by atoms with E-state index in [1.54, 1.807) is 0 Å². The number of benzene rings is 1. The number of ether oxygens (including phenoxy) is 1. The molecule has 1 unspecified atom stereocenters. The molecule has 3 heteroatoms. The fourth-order valence-electron chi connectivity index (χ4n) is 1.50. The van der Waals surface area contributed by atoms with Crippen molar-refractivity contribution in [2.24, 2.45) is 0 Å². The zero-order valence-electron chi connectivity index (χ0n) is 12.0. The molecule has 0 amide bonds. The highest BCUT2D eigenvalue weighted by molar-refractivity contribution is 6.32. The molecule has 2 nitrogen and oxygen atoms in total. The van der Waals surface area contributed by atoms with Crippen molar-refractivity contribution >= 4 is 11.6 Å². The molecule has 0 saturated carbocycles. The lowest BCUT2D eigenvalue weighted by Gasteiger charge is -2.27. The fraction of sp³-hybridized carbons (Fsp3) is 0.600. The van der Waals surface area contributed by atoms with Crippen LogP contribution in [-0.4, -0.2) is 18.2 Å². The summed E-state index contributed by atoms with van der Waals surface area (Å²) in [4.78, 5) is 0. The maximum Gasteiger partial charge on any atom is 0.138 e. The molecule has 0 spiro atoms. The Hall–Kier alpha value is -0.730. The summed E-state index contributed by atoms with van der Waals surface area (Å²) in [6.07, 6.45) is 1.18. The zero-order valence-corrected chi connectivity index (χ0v) is 12.8. The van der Waals surface area contributed by atoms with Crippen LogP contribution in [0.2, 0.25) is 5.02 Å². The molecule has 0 bridgehead atoms. The largest absolute Gasteiger partial charge is 0.488 e. The number of hydrogen-bond donors (Lipinski definition) is 1. The summed E-state index contributed by atoms with van der Waals surface area (Å²) in [7, 11) is 0. The van der Waals surface area contributed by atoms with Crippen molar-refractivity contribution in [3.8, 4) is 5.75 Å². The van der Waals surface area contributed by atoms with Crippen molar-refractivity contribution < 1.29 is 4.74 Å². The smallest absolute Gasteiger partial charge is 0.138 e. The van der Waals surface area contributed by atoms with Gasteiger partial charge in [-0.2, -0.15) is 0 Å². The van der Waals surface area contributed by atoms with Gasteiger partial charge in [-0.1, -0.05) is 24.6 Å². The summed E-state index contributed by atoms with van der Waals surface area (Å²) < 4.78 is 5.85. The van der Waals surface area contributed by atoms with Crippen LogP contribution in [-0.2, 0) is 0 Å². The first-order chi connectivity index (χ1) is 8.34. The van der Waals surface area contributed by atoms with Gasteiger partial charge in [-0.3, -0.25) is 0 Å². The van der Waals surface area contributed by atoms with Crippen LogP contribution in [0, 0.1) is 6.92 Å². The van der Waals surface area contributed by atoms with Crippen molar-refractivity contribution in [2.75, 3.05) is 6.54 Å². The van der Waals surface area contributed by atoms with Crippen molar-refractivity contribution in [2.45, 2.75) is 52.7 Å². The molecule has 0 radical (unpaired) electrons. The maximum absolute atomic E-state index is 6.15. The number of nitrogens with one attached hydrogen (secondary N) is 1. The van der Waals surface area contributed by atoms with Gasteiger partial charge in [-0.15, -0.1) is 0 Å². The van der Waals surface area contributed by atoms with Gasteiger partial charge in [0.15, 0.2) is 0 Å². The van der Waals surface area contributed by atoms with E-state index in [-0.39, 0.29) is 11.6 Å². The Labute approximate surface area is 116 Å². The van der Waals surface area contributed by atoms with Gasteiger partial charge in [0.2, 0.25) is 0 Å². The summed E-state index contributed by atoms with van der Waals surface area (Å²) in [6.45, 7) is 11.4. The van der Waals surface area contributed by atoms with Crippen molar-refractivity contribution in [1.29, 1.82) is 0 Å². The highest BCUT2D eigenvalue weighted by Gasteiger charge is 2.16. The Morgan fingerprint density at radius 2 is 2.06 bits per heavy atom. The van der Waals surface area contributed by atoms with E-state index in [2.05, 4.69) is 33.0 Å². The molecule has 0 aliphatic rings. The molecule has 0 aromatic heterocycles. The van der Waals surface area contributed by atoms with Crippen LogP contribution in [0.25, 0.3) is 0 Å². The first kappa shape index (κ1) is 15.3. The molecule has 1 N–H and O–H groups in total. The van der Waals surface area contributed by atoms with Gasteiger partial charge in [0, 0.05) is 12.1 Å². The van der Waals surface area contributed by atoms with E-state index in [4.69, 9.17) is 16.3 Å². The monoisotopic (exact) mass is 269 g/mol. The fourth-order valence-corrected chi connectivity index (χ4v) is 1.78. The Kier molecular flexibility index (Phi) is 5.48. The second-order valence-electron chi connectivity index (χ2n) is 5.48. The summed E-state index contributed by atoms with van der Waals surface area (Å²) in [5.41, 5.74) is 1.29. The Balaban J connectivity index is 2.52. The summed E-state index contributed by atoms with van der Waals surface area (Å²) in [6, 6.07) is 5.86. The summed E-state index contributed by atoms with van der Waals surface area (Å²) >= 11 is 6.15. The minimum atomic E-state index is 0.0935. The van der Waals surface area contributed by atoms with Crippen LogP contribution in [0.3, 0.4) is 0 Å². The lowest BCUT2D eigenvalue weighted by molar-refractivity contribution is 0.199. The second-order valence-corrected chi connectivity index (χ2v) is 5.89. The SMILES string of the molecule is CCC(C)(C)NCC(C)Oc1ccc(C)cc1Cl. The quantitative estimate of drug-likeness (QED) is 0.836. The van der Waals surface area contributed by atoms with Crippen molar-refractivity contribution in [3.63, 3.8) is 0 Å². The predicted octanol–water partition coefficient (Wildman–Crippen LogP) is 4.19. The highest BCUT2D eigenvalue weighted by atomic mass is 35.5. The molecular weight excluding hydrogens is 246 g/mol. The standard InChI is InChI=1S/C15H24ClNO/c1-6-15(4,5)17-10-12(3)18-14-8-7-11(2)9-13(14)16/h7-9,12,17H,6,10H2,1-5H3. The van der Waals surface area contributed by atoms with Crippen molar-refractivity contribution in [1.82, 2.24) is 5.32 Å².